The van der Waals surface area contributed by atoms with Gasteiger partial charge in [0.25, 0.3) is 0 Å². The second-order valence-corrected chi connectivity index (χ2v) is 14.2. The molecule has 202 valence electrons. The van der Waals surface area contributed by atoms with Gasteiger partial charge in [-0.05, 0) is 61.6 Å². The molecule has 2 aromatic rings. The highest BCUT2D eigenvalue weighted by molar-refractivity contribution is 9.10. The van der Waals surface area contributed by atoms with Crippen molar-refractivity contribution < 1.29 is 26.4 Å². The van der Waals surface area contributed by atoms with Crippen molar-refractivity contribution in [1.29, 1.82) is 0 Å². The Morgan fingerprint density at radius 2 is 1.68 bits per heavy atom. The van der Waals surface area contributed by atoms with Crippen LogP contribution in [-0.2, 0) is 30.6 Å². The second-order valence-electron chi connectivity index (χ2n) is 9.38. The fourth-order valence-corrected chi connectivity index (χ4v) is 8.47. The van der Waals surface area contributed by atoms with Crippen LogP contribution in [0, 0.1) is 5.92 Å². The van der Waals surface area contributed by atoms with E-state index in [0.29, 0.717) is 37.2 Å². The standard InChI is InChI=1S/C25H32BrN3O6S2/c1-35-23-9-8-22(17-24(23)37(33,34)29-12-3-2-4-13-29)27-25(30)20-10-14-28(15-11-20)36(31,32)18-19-6-5-7-21(26)16-19/h5-9,16-17,20H,2-4,10-15,18H2,1H3,(H,27,30). The minimum absolute atomic E-state index is 0.0307. The molecule has 0 bridgehead atoms. The summed E-state index contributed by atoms with van der Waals surface area (Å²) in [6.45, 7) is 1.44. The molecule has 37 heavy (non-hydrogen) atoms. The molecular formula is C25H32BrN3O6S2. The second kappa shape index (κ2) is 11.8. The molecule has 1 amide bonds. The van der Waals surface area contributed by atoms with Gasteiger partial charge < -0.3 is 10.1 Å². The number of benzene rings is 2. The monoisotopic (exact) mass is 613 g/mol. The van der Waals surface area contributed by atoms with E-state index < -0.39 is 20.0 Å². The third-order valence-electron chi connectivity index (χ3n) is 6.82. The Morgan fingerprint density at radius 1 is 0.973 bits per heavy atom. The zero-order valence-corrected chi connectivity index (χ0v) is 23.9. The topological polar surface area (TPSA) is 113 Å². The Labute approximate surface area is 227 Å². The number of carbonyl (C=O) groups excluding carboxylic acids is 1. The van der Waals surface area contributed by atoms with E-state index in [1.54, 1.807) is 30.3 Å². The van der Waals surface area contributed by atoms with Crippen molar-refractivity contribution in [3.05, 3.63) is 52.5 Å². The van der Waals surface area contributed by atoms with Gasteiger partial charge in [-0.1, -0.05) is 34.5 Å². The fraction of sp³-hybridized carbons (Fsp3) is 0.480. The lowest BCUT2D eigenvalue weighted by Gasteiger charge is -2.30. The summed E-state index contributed by atoms with van der Waals surface area (Å²) in [5.41, 5.74) is 1.06. The molecule has 2 heterocycles. The van der Waals surface area contributed by atoms with Crippen molar-refractivity contribution in [2.24, 2.45) is 5.92 Å². The van der Waals surface area contributed by atoms with E-state index in [-0.39, 0.29) is 41.3 Å². The average Bonchev–Trinajstić information content (AvgIpc) is 2.89. The quantitative estimate of drug-likeness (QED) is 0.484. The number of anilines is 1. The molecule has 0 unspecified atom stereocenters. The number of hydrogen-bond acceptors (Lipinski definition) is 6. The van der Waals surface area contributed by atoms with Crippen molar-refractivity contribution in [3.63, 3.8) is 0 Å². The Kier molecular flexibility index (Phi) is 8.95. The minimum atomic E-state index is -3.76. The smallest absolute Gasteiger partial charge is 0.246 e. The Morgan fingerprint density at radius 3 is 2.32 bits per heavy atom. The van der Waals surface area contributed by atoms with Crippen LogP contribution in [0.3, 0.4) is 0 Å². The molecule has 12 heteroatoms. The molecular weight excluding hydrogens is 582 g/mol. The van der Waals surface area contributed by atoms with Crippen LogP contribution < -0.4 is 10.1 Å². The highest BCUT2D eigenvalue weighted by atomic mass is 79.9. The summed E-state index contributed by atoms with van der Waals surface area (Å²) in [4.78, 5) is 13.0. The zero-order valence-electron chi connectivity index (χ0n) is 20.7. The Hall–Kier alpha value is -1.99. The summed E-state index contributed by atoms with van der Waals surface area (Å²) >= 11 is 3.36. The predicted molar refractivity (Wildman–Crippen MR) is 145 cm³/mol. The van der Waals surface area contributed by atoms with E-state index in [1.165, 1.54) is 21.8 Å². The summed E-state index contributed by atoms with van der Waals surface area (Å²) < 4.78 is 61.3. The van der Waals surface area contributed by atoms with Crippen LogP contribution >= 0.6 is 15.9 Å². The predicted octanol–water partition coefficient (Wildman–Crippen LogP) is 3.81. The molecule has 9 nitrogen and oxygen atoms in total. The lowest BCUT2D eigenvalue weighted by Crippen LogP contribution is -2.41. The first-order chi connectivity index (χ1) is 17.6. The molecule has 2 saturated heterocycles. The molecule has 2 fully saturated rings. The lowest BCUT2D eigenvalue weighted by molar-refractivity contribution is -0.120. The third kappa shape index (κ3) is 6.72. The van der Waals surface area contributed by atoms with Crippen LogP contribution in [-0.4, -0.2) is 64.6 Å². The summed E-state index contributed by atoms with van der Waals surface area (Å²) in [6.07, 6.45) is 3.41. The fourth-order valence-electron chi connectivity index (χ4n) is 4.77. The molecule has 0 aromatic heterocycles. The van der Waals surface area contributed by atoms with Gasteiger partial charge in [0.1, 0.15) is 10.6 Å². The first-order valence-electron chi connectivity index (χ1n) is 12.3. The normalized spacial score (nSPS) is 18.4. The van der Waals surface area contributed by atoms with Crippen molar-refractivity contribution in [2.45, 2.75) is 42.8 Å². The van der Waals surface area contributed by atoms with Gasteiger partial charge in [0.05, 0.1) is 12.9 Å². The maximum absolute atomic E-state index is 13.3. The van der Waals surface area contributed by atoms with Crippen LogP contribution in [0.5, 0.6) is 5.75 Å². The number of ether oxygens (including phenoxy) is 1. The highest BCUT2D eigenvalue weighted by Crippen LogP contribution is 2.32. The number of piperidine rings is 2. The van der Waals surface area contributed by atoms with E-state index in [9.17, 15) is 21.6 Å². The number of sulfonamides is 2. The van der Waals surface area contributed by atoms with Gasteiger partial charge in [0.2, 0.25) is 26.0 Å². The van der Waals surface area contributed by atoms with Gasteiger partial charge in [-0.2, -0.15) is 4.31 Å². The van der Waals surface area contributed by atoms with E-state index in [0.717, 1.165) is 23.7 Å². The van der Waals surface area contributed by atoms with Gasteiger partial charge >= 0.3 is 0 Å². The van der Waals surface area contributed by atoms with E-state index in [2.05, 4.69) is 21.2 Å². The zero-order chi connectivity index (χ0) is 26.6. The molecule has 0 aliphatic carbocycles. The maximum Gasteiger partial charge on any atom is 0.246 e. The number of halogens is 1. The van der Waals surface area contributed by atoms with Crippen LogP contribution in [0.15, 0.2) is 51.8 Å². The first-order valence-corrected chi connectivity index (χ1v) is 16.2. The van der Waals surface area contributed by atoms with Crippen molar-refractivity contribution >= 4 is 47.6 Å². The molecule has 0 radical (unpaired) electrons. The summed E-state index contributed by atoms with van der Waals surface area (Å²) in [6, 6.07) is 11.8. The molecule has 0 atom stereocenters. The largest absolute Gasteiger partial charge is 0.495 e. The van der Waals surface area contributed by atoms with Crippen LogP contribution in [0.1, 0.15) is 37.7 Å². The minimum Gasteiger partial charge on any atom is -0.495 e. The molecule has 0 saturated carbocycles. The van der Waals surface area contributed by atoms with E-state index in [1.807, 2.05) is 6.07 Å². The van der Waals surface area contributed by atoms with E-state index in [4.69, 9.17) is 4.74 Å². The van der Waals surface area contributed by atoms with Gasteiger partial charge in [0.15, 0.2) is 0 Å². The number of rotatable bonds is 8. The summed E-state index contributed by atoms with van der Waals surface area (Å²) in [5, 5.41) is 2.83. The molecule has 2 aliphatic heterocycles. The van der Waals surface area contributed by atoms with Crippen LogP contribution in [0.4, 0.5) is 5.69 Å². The highest BCUT2D eigenvalue weighted by Gasteiger charge is 2.32. The van der Waals surface area contributed by atoms with E-state index >= 15 is 0 Å². The number of amides is 1. The summed E-state index contributed by atoms with van der Waals surface area (Å²) in [7, 11) is -5.85. The SMILES string of the molecule is COc1ccc(NC(=O)C2CCN(S(=O)(=O)Cc3cccc(Br)c3)CC2)cc1S(=O)(=O)N1CCCCC1. The lowest BCUT2D eigenvalue weighted by atomic mass is 9.97. The average molecular weight is 615 g/mol. The number of nitrogens with one attached hydrogen (secondary N) is 1. The first kappa shape index (κ1) is 28.0. The molecule has 2 aliphatic rings. The van der Waals surface area contributed by atoms with Gasteiger partial charge in [-0.15, -0.1) is 0 Å². The molecule has 1 N–H and O–H groups in total. The maximum atomic E-state index is 13.3. The third-order valence-corrected chi connectivity index (χ3v) is 11.1. The van der Waals surface area contributed by atoms with Crippen molar-refractivity contribution in [1.82, 2.24) is 8.61 Å². The number of nitrogens with zero attached hydrogens (tertiary/aromatic N) is 2. The molecule has 2 aromatic carbocycles. The van der Waals surface area contributed by atoms with Gasteiger partial charge in [-0.25, -0.2) is 21.1 Å². The number of carbonyl (C=O) groups is 1. The molecule has 4 rings (SSSR count). The Balaban J connectivity index is 1.40. The van der Waals surface area contributed by atoms with Crippen molar-refractivity contribution in [3.8, 4) is 5.75 Å². The van der Waals surface area contributed by atoms with Gasteiger partial charge in [0, 0.05) is 42.3 Å². The van der Waals surface area contributed by atoms with Gasteiger partial charge in [-0.3, -0.25) is 4.79 Å². The molecule has 0 spiro atoms. The van der Waals surface area contributed by atoms with Crippen molar-refractivity contribution in [2.75, 3.05) is 38.6 Å². The number of hydrogen-bond donors (Lipinski definition) is 1. The Bertz CT molecular complexity index is 1340. The van der Waals surface area contributed by atoms with Crippen LogP contribution in [0.25, 0.3) is 0 Å². The summed E-state index contributed by atoms with van der Waals surface area (Å²) in [5.74, 6) is -0.492. The number of methoxy groups -OCH3 is 1. The van der Waals surface area contributed by atoms with Crippen LogP contribution in [0.2, 0.25) is 0 Å².